The van der Waals surface area contributed by atoms with Crippen molar-refractivity contribution in [2.45, 2.75) is 51.7 Å². The lowest BCUT2D eigenvalue weighted by Crippen LogP contribution is -2.42. The zero-order valence-electron chi connectivity index (χ0n) is 18.1. The minimum absolute atomic E-state index is 0.00135. The molecule has 3 heterocycles. The molecule has 7 heteroatoms. The maximum atomic E-state index is 12.9. The number of imidazole rings is 1. The van der Waals surface area contributed by atoms with Crippen LogP contribution in [0.4, 0.5) is 4.79 Å². The summed E-state index contributed by atoms with van der Waals surface area (Å²) in [6.07, 6.45) is 9.91. The van der Waals surface area contributed by atoms with Gasteiger partial charge in [0.2, 0.25) is 5.65 Å². The molecule has 0 saturated heterocycles. The van der Waals surface area contributed by atoms with Crippen molar-refractivity contribution in [1.29, 1.82) is 0 Å². The van der Waals surface area contributed by atoms with Gasteiger partial charge in [0, 0.05) is 37.2 Å². The molecule has 1 aliphatic carbocycles. The van der Waals surface area contributed by atoms with Crippen molar-refractivity contribution in [2.24, 2.45) is 5.92 Å². The average Bonchev–Trinajstić information content (AvgIpc) is 3.43. The third-order valence-electron chi connectivity index (χ3n) is 6.68. The quantitative estimate of drug-likeness (QED) is 0.633. The van der Waals surface area contributed by atoms with Crippen molar-refractivity contribution in [1.82, 2.24) is 24.6 Å². The molecule has 0 spiro atoms. The topological polar surface area (TPSA) is 71.8 Å². The van der Waals surface area contributed by atoms with Crippen LogP contribution in [0, 0.1) is 5.92 Å². The van der Waals surface area contributed by atoms with E-state index in [1.165, 1.54) is 0 Å². The summed E-state index contributed by atoms with van der Waals surface area (Å²) >= 11 is 0. The molecule has 3 atom stereocenters. The number of aromatic nitrogens is 3. The Labute approximate surface area is 182 Å². The van der Waals surface area contributed by atoms with Crippen molar-refractivity contribution in [3.63, 3.8) is 0 Å². The maximum Gasteiger partial charge on any atom is 0.317 e. The van der Waals surface area contributed by atoms with Crippen LogP contribution in [0.25, 0.3) is 16.9 Å². The second-order valence-corrected chi connectivity index (χ2v) is 8.62. The van der Waals surface area contributed by atoms with E-state index in [0.29, 0.717) is 24.9 Å². The van der Waals surface area contributed by atoms with Crippen LogP contribution in [0.2, 0.25) is 0 Å². The van der Waals surface area contributed by atoms with Gasteiger partial charge in [0.25, 0.3) is 5.88 Å². The second kappa shape index (κ2) is 8.21. The van der Waals surface area contributed by atoms with Crippen LogP contribution in [0.5, 0.6) is 5.88 Å². The van der Waals surface area contributed by atoms with Crippen LogP contribution in [-0.4, -0.2) is 44.5 Å². The fraction of sp³-hybridized carbons (Fsp3) is 0.458. The van der Waals surface area contributed by atoms with E-state index in [9.17, 15) is 4.79 Å². The number of ether oxygens (including phenoxy) is 1. The minimum Gasteiger partial charge on any atom is -0.472 e. The van der Waals surface area contributed by atoms with Crippen molar-refractivity contribution in [2.75, 3.05) is 13.1 Å². The Balaban J connectivity index is 1.60. The average molecular weight is 420 g/mol. The van der Waals surface area contributed by atoms with Crippen LogP contribution in [-0.2, 0) is 0 Å². The molecule has 1 N–H and O–H groups in total. The molecule has 1 saturated carbocycles. The third kappa shape index (κ3) is 3.84. The van der Waals surface area contributed by atoms with Crippen LogP contribution < -0.4 is 10.1 Å². The molecule has 2 aromatic heterocycles. The molecule has 0 radical (unpaired) electrons. The number of hydrogen-bond donors (Lipinski definition) is 1. The van der Waals surface area contributed by atoms with E-state index in [2.05, 4.69) is 35.4 Å². The van der Waals surface area contributed by atoms with Gasteiger partial charge in [0.1, 0.15) is 6.10 Å². The molecule has 3 aromatic rings. The Hall–Kier alpha value is -3.09. The van der Waals surface area contributed by atoms with E-state index < -0.39 is 0 Å². The van der Waals surface area contributed by atoms with Crippen molar-refractivity contribution in [3.05, 3.63) is 48.4 Å². The number of fused-ring (bicyclic) bond motifs is 9. The minimum atomic E-state index is -0.0404. The third-order valence-corrected chi connectivity index (χ3v) is 6.68. The number of urea groups is 1. The molecule has 7 nitrogen and oxygen atoms in total. The van der Waals surface area contributed by atoms with Gasteiger partial charge in [-0.15, -0.1) is 0 Å². The molecular weight excluding hydrogens is 390 g/mol. The first-order chi connectivity index (χ1) is 15.1. The number of hydrogen-bond acceptors (Lipinski definition) is 4. The summed E-state index contributed by atoms with van der Waals surface area (Å²) in [7, 11) is 0. The van der Waals surface area contributed by atoms with E-state index in [0.717, 1.165) is 48.2 Å². The summed E-state index contributed by atoms with van der Waals surface area (Å²) in [4.78, 5) is 24.1. The predicted molar refractivity (Wildman–Crippen MR) is 119 cm³/mol. The second-order valence-electron chi connectivity index (χ2n) is 8.62. The summed E-state index contributed by atoms with van der Waals surface area (Å²) in [6, 6.07) is 8.22. The van der Waals surface area contributed by atoms with Gasteiger partial charge in [-0.3, -0.25) is 0 Å². The summed E-state index contributed by atoms with van der Waals surface area (Å²) in [5, 5.41) is 3.13. The van der Waals surface area contributed by atoms with Gasteiger partial charge in [0.15, 0.2) is 0 Å². The van der Waals surface area contributed by atoms with E-state index >= 15 is 0 Å². The highest BCUT2D eigenvalue weighted by atomic mass is 16.5. The summed E-state index contributed by atoms with van der Waals surface area (Å²) in [6.45, 7) is 5.45. The Morgan fingerprint density at radius 2 is 2.16 bits per heavy atom. The number of carbonyl (C=O) groups excluding carboxylic acids is 1. The maximum absolute atomic E-state index is 12.9. The summed E-state index contributed by atoms with van der Waals surface area (Å²) < 4.78 is 8.36. The van der Waals surface area contributed by atoms with Gasteiger partial charge in [-0.1, -0.05) is 18.2 Å². The summed E-state index contributed by atoms with van der Waals surface area (Å²) in [5.74, 6) is 1.15. The van der Waals surface area contributed by atoms with Gasteiger partial charge in [-0.2, -0.15) is 0 Å². The molecule has 31 heavy (non-hydrogen) atoms. The van der Waals surface area contributed by atoms with Gasteiger partial charge in [-0.25, -0.2) is 14.8 Å². The largest absolute Gasteiger partial charge is 0.472 e. The lowest BCUT2D eigenvalue weighted by atomic mass is 10.0. The number of nitrogens with one attached hydrogen (secondary N) is 1. The number of rotatable bonds is 1. The number of nitrogens with zero attached hydrogens (tertiary/aromatic N) is 4. The first-order valence-electron chi connectivity index (χ1n) is 11.3. The monoisotopic (exact) mass is 419 g/mol. The Bertz CT molecular complexity index is 1090. The molecular formula is C24H29N5O2. The number of amides is 2. The lowest BCUT2D eigenvalue weighted by Gasteiger charge is -2.29. The highest BCUT2D eigenvalue weighted by Gasteiger charge is 2.28. The Kier molecular flexibility index (Phi) is 5.26. The van der Waals surface area contributed by atoms with Crippen LogP contribution in [0.1, 0.15) is 51.1 Å². The normalized spacial score (nSPS) is 24.1. The zero-order valence-corrected chi connectivity index (χ0v) is 18.1. The molecule has 5 rings (SSSR count). The molecule has 162 valence electrons. The van der Waals surface area contributed by atoms with E-state index in [1.54, 1.807) is 6.20 Å². The van der Waals surface area contributed by atoms with Crippen molar-refractivity contribution < 1.29 is 9.53 Å². The predicted octanol–water partition coefficient (Wildman–Crippen LogP) is 4.44. The van der Waals surface area contributed by atoms with Gasteiger partial charge in [0.05, 0.1) is 11.7 Å². The standard InChI is InChI=1S/C24H29N5O2/c1-3-29-16(2)18-5-4-6-19(14-18)21-15-28-12-11-25-22(28)23(27-21)31-20-8-7-17(13-20)9-10-26-24(29)30/h4-6,11-12,14-17,20H,3,7-10,13H2,1-2H3,(H,26,30)/t16-,17?,20?/m1/s1. The van der Waals surface area contributed by atoms with E-state index in [1.807, 2.05) is 34.7 Å². The Morgan fingerprint density at radius 1 is 1.26 bits per heavy atom. The van der Waals surface area contributed by atoms with Crippen LogP contribution in [0.15, 0.2) is 42.9 Å². The van der Waals surface area contributed by atoms with Crippen LogP contribution in [0.3, 0.4) is 0 Å². The molecule has 2 unspecified atom stereocenters. The first-order valence-corrected chi connectivity index (χ1v) is 11.3. The molecule has 2 amide bonds. The highest BCUT2D eigenvalue weighted by molar-refractivity contribution is 5.75. The van der Waals surface area contributed by atoms with Gasteiger partial charge < -0.3 is 19.4 Å². The zero-order chi connectivity index (χ0) is 21.4. The molecule has 2 aliphatic rings. The van der Waals surface area contributed by atoms with Crippen LogP contribution >= 0.6 is 0 Å². The van der Waals surface area contributed by atoms with E-state index in [4.69, 9.17) is 9.72 Å². The van der Waals surface area contributed by atoms with Gasteiger partial charge >= 0.3 is 6.03 Å². The Morgan fingerprint density at radius 3 is 3.03 bits per heavy atom. The van der Waals surface area contributed by atoms with Crippen molar-refractivity contribution in [3.8, 4) is 17.1 Å². The smallest absolute Gasteiger partial charge is 0.317 e. The molecule has 1 fully saturated rings. The highest BCUT2D eigenvalue weighted by Crippen LogP contribution is 2.33. The number of benzene rings is 1. The van der Waals surface area contributed by atoms with E-state index in [-0.39, 0.29) is 18.2 Å². The van der Waals surface area contributed by atoms with Gasteiger partial charge in [-0.05, 0) is 57.1 Å². The molecule has 6 bridgehead atoms. The number of carbonyl (C=O) groups is 1. The fourth-order valence-electron chi connectivity index (χ4n) is 4.89. The SMILES string of the molecule is CCN1C(=O)NCCC2CCC(C2)Oc2nc(cn3ccnc23)-c2cccc(c2)[C@H]1C. The lowest BCUT2D eigenvalue weighted by molar-refractivity contribution is 0.181. The summed E-state index contributed by atoms with van der Waals surface area (Å²) in [5.41, 5.74) is 3.67. The van der Waals surface area contributed by atoms with Crippen molar-refractivity contribution >= 4 is 11.7 Å². The molecule has 1 aromatic carbocycles. The first kappa shape index (κ1) is 19.8. The fourth-order valence-corrected chi connectivity index (χ4v) is 4.89. The molecule has 1 aliphatic heterocycles.